The Kier molecular flexibility index (Phi) is 8.28. The summed E-state index contributed by atoms with van der Waals surface area (Å²) in [5, 5.41) is 0. The first-order valence-corrected chi connectivity index (χ1v) is 6.18. The van der Waals surface area contributed by atoms with Gasteiger partial charge in [0, 0.05) is 23.3 Å². The maximum absolute atomic E-state index is 5.73. The zero-order valence-corrected chi connectivity index (χ0v) is 8.43. The van der Waals surface area contributed by atoms with Crippen LogP contribution in [-0.4, -0.2) is 29.6 Å². The zero-order valence-electron chi connectivity index (χ0n) is 6.80. The van der Waals surface area contributed by atoms with Gasteiger partial charge >= 0.3 is 0 Å². The zero-order chi connectivity index (χ0) is 7.82. The second-order valence-corrected chi connectivity index (χ2v) is 4.37. The van der Waals surface area contributed by atoms with Crippen molar-refractivity contribution in [2.75, 3.05) is 23.5 Å². The van der Waals surface area contributed by atoms with Gasteiger partial charge in [0.2, 0.25) is 0 Å². The van der Waals surface area contributed by atoms with Crippen LogP contribution in [0.5, 0.6) is 0 Å². The highest BCUT2D eigenvalue weighted by molar-refractivity contribution is 8.02. The first-order valence-electron chi connectivity index (χ1n) is 3.63. The molecule has 0 rings (SSSR count). The molecule has 10 heavy (non-hydrogen) atoms. The van der Waals surface area contributed by atoms with Gasteiger partial charge in [-0.15, -0.1) is 0 Å². The quantitative estimate of drug-likeness (QED) is 0.630. The molecular formula is C7H17NS2. The molecule has 2 N–H and O–H groups in total. The van der Waals surface area contributed by atoms with E-state index in [9.17, 15) is 0 Å². The van der Waals surface area contributed by atoms with Crippen LogP contribution < -0.4 is 5.73 Å². The third-order valence-corrected chi connectivity index (χ3v) is 3.32. The summed E-state index contributed by atoms with van der Waals surface area (Å²) in [7, 11) is 0. The van der Waals surface area contributed by atoms with E-state index in [0.29, 0.717) is 6.04 Å². The Morgan fingerprint density at radius 3 is 2.60 bits per heavy atom. The molecule has 1 unspecified atom stereocenters. The molecule has 0 saturated heterocycles. The number of nitrogens with two attached hydrogens (primary N) is 1. The minimum Gasteiger partial charge on any atom is -0.327 e. The molecule has 0 aromatic heterocycles. The average Bonchev–Trinajstić information content (AvgIpc) is 1.98. The van der Waals surface area contributed by atoms with Crippen molar-refractivity contribution < 1.29 is 0 Å². The molecule has 0 aliphatic carbocycles. The van der Waals surface area contributed by atoms with Gasteiger partial charge in [0.05, 0.1) is 0 Å². The topological polar surface area (TPSA) is 26.0 Å². The molecule has 0 spiro atoms. The van der Waals surface area contributed by atoms with Crippen molar-refractivity contribution in [3.63, 3.8) is 0 Å². The molecule has 0 radical (unpaired) electrons. The molecule has 0 heterocycles. The van der Waals surface area contributed by atoms with Crippen LogP contribution >= 0.6 is 23.5 Å². The van der Waals surface area contributed by atoms with Crippen LogP contribution in [0, 0.1) is 0 Å². The standard InChI is InChI=1S/C7H17NS2/c1-3-7(8)6-10-5-4-9-2/h7H,3-6,8H2,1-2H3. The summed E-state index contributed by atoms with van der Waals surface area (Å²) < 4.78 is 0. The van der Waals surface area contributed by atoms with Crippen LogP contribution in [0.25, 0.3) is 0 Å². The van der Waals surface area contributed by atoms with Crippen LogP contribution in [0.2, 0.25) is 0 Å². The van der Waals surface area contributed by atoms with E-state index in [2.05, 4.69) is 13.2 Å². The van der Waals surface area contributed by atoms with E-state index in [1.54, 1.807) is 0 Å². The third-order valence-electron chi connectivity index (χ3n) is 1.29. The van der Waals surface area contributed by atoms with Crippen molar-refractivity contribution in [2.45, 2.75) is 19.4 Å². The largest absolute Gasteiger partial charge is 0.327 e. The number of hydrogen-bond acceptors (Lipinski definition) is 3. The van der Waals surface area contributed by atoms with Gasteiger partial charge in [-0.1, -0.05) is 6.92 Å². The summed E-state index contributed by atoms with van der Waals surface area (Å²) in [5.74, 6) is 3.62. The molecule has 0 aliphatic heterocycles. The van der Waals surface area contributed by atoms with Gasteiger partial charge in [-0.3, -0.25) is 0 Å². The Morgan fingerprint density at radius 1 is 1.40 bits per heavy atom. The summed E-state index contributed by atoms with van der Waals surface area (Å²) in [6, 6.07) is 0.409. The van der Waals surface area contributed by atoms with Crippen molar-refractivity contribution in [2.24, 2.45) is 5.73 Å². The first-order chi connectivity index (χ1) is 4.81. The van der Waals surface area contributed by atoms with Gasteiger partial charge < -0.3 is 5.73 Å². The highest BCUT2D eigenvalue weighted by Gasteiger charge is 1.97. The minimum atomic E-state index is 0.409. The predicted octanol–water partition coefficient (Wildman–Crippen LogP) is 1.82. The smallest absolute Gasteiger partial charge is 0.0127 e. The van der Waals surface area contributed by atoms with Crippen LogP contribution in [0.15, 0.2) is 0 Å². The molecule has 3 heteroatoms. The molecule has 0 saturated carbocycles. The first kappa shape index (κ1) is 10.7. The molecule has 0 bridgehead atoms. The Morgan fingerprint density at radius 2 is 2.10 bits per heavy atom. The van der Waals surface area contributed by atoms with Crippen LogP contribution in [0.4, 0.5) is 0 Å². The molecule has 1 atom stereocenters. The minimum absolute atomic E-state index is 0.409. The second kappa shape index (κ2) is 7.76. The maximum Gasteiger partial charge on any atom is 0.0127 e. The summed E-state index contributed by atoms with van der Waals surface area (Å²) in [6.45, 7) is 2.14. The SMILES string of the molecule is CCC(N)CSCCSC. The van der Waals surface area contributed by atoms with E-state index < -0.39 is 0 Å². The normalized spacial score (nSPS) is 13.5. The monoisotopic (exact) mass is 179 g/mol. The lowest BCUT2D eigenvalue weighted by Gasteiger charge is -2.06. The summed E-state index contributed by atoms with van der Waals surface area (Å²) in [4.78, 5) is 0. The molecular weight excluding hydrogens is 162 g/mol. The number of hydrogen-bond donors (Lipinski definition) is 1. The van der Waals surface area contributed by atoms with Gasteiger partial charge in [0.25, 0.3) is 0 Å². The molecule has 1 nitrogen and oxygen atoms in total. The highest BCUT2D eigenvalue weighted by atomic mass is 32.2. The van der Waals surface area contributed by atoms with Gasteiger partial charge in [0.1, 0.15) is 0 Å². The lowest BCUT2D eigenvalue weighted by molar-refractivity contribution is 0.725. The van der Waals surface area contributed by atoms with Gasteiger partial charge in [-0.2, -0.15) is 23.5 Å². The van der Waals surface area contributed by atoms with E-state index in [1.165, 1.54) is 11.5 Å². The van der Waals surface area contributed by atoms with Crippen molar-refractivity contribution in [3.05, 3.63) is 0 Å². The maximum atomic E-state index is 5.73. The third kappa shape index (κ3) is 6.78. The van der Waals surface area contributed by atoms with Crippen molar-refractivity contribution in [1.82, 2.24) is 0 Å². The van der Waals surface area contributed by atoms with E-state index in [-0.39, 0.29) is 0 Å². The lowest BCUT2D eigenvalue weighted by Crippen LogP contribution is -2.21. The fourth-order valence-corrected chi connectivity index (χ4v) is 2.34. The van der Waals surface area contributed by atoms with Crippen LogP contribution in [0.1, 0.15) is 13.3 Å². The molecule has 0 aliphatic rings. The Hall–Kier alpha value is 0.660. The Bertz CT molecular complexity index is 68.6. The molecule has 62 valence electrons. The predicted molar refractivity (Wildman–Crippen MR) is 54.0 cm³/mol. The molecule has 0 aromatic carbocycles. The Balaban J connectivity index is 2.89. The van der Waals surface area contributed by atoms with Gasteiger partial charge in [0.15, 0.2) is 0 Å². The van der Waals surface area contributed by atoms with Gasteiger partial charge in [-0.25, -0.2) is 0 Å². The van der Waals surface area contributed by atoms with Crippen molar-refractivity contribution in [1.29, 1.82) is 0 Å². The molecule has 0 aromatic rings. The van der Waals surface area contributed by atoms with Crippen LogP contribution in [0.3, 0.4) is 0 Å². The second-order valence-electron chi connectivity index (χ2n) is 2.24. The van der Waals surface area contributed by atoms with E-state index >= 15 is 0 Å². The number of rotatable bonds is 6. The molecule has 0 amide bonds. The average molecular weight is 179 g/mol. The fourth-order valence-electron chi connectivity index (χ4n) is 0.495. The summed E-state index contributed by atoms with van der Waals surface area (Å²) >= 11 is 3.86. The summed E-state index contributed by atoms with van der Waals surface area (Å²) in [6.07, 6.45) is 3.24. The highest BCUT2D eigenvalue weighted by Crippen LogP contribution is 2.06. The van der Waals surface area contributed by atoms with E-state index in [0.717, 1.165) is 12.2 Å². The van der Waals surface area contributed by atoms with Crippen LogP contribution in [-0.2, 0) is 0 Å². The van der Waals surface area contributed by atoms with Crippen molar-refractivity contribution >= 4 is 23.5 Å². The van der Waals surface area contributed by atoms with E-state index in [1.807, 2.05) is 23.5 Å². The van der Waals surface area contributed by atoms with E-state index in [4.69, 9.17) is 5.73 Å². The number of thioether (sulfide) groups is 2. The fraction of sp³-hybridized carbons (Fsp3) is 1.00. The molecule has 0 fully saturated rings. The van der Waals surface area contributed by atoms with Gasteiger partial charge in [-0.05, 0) is 12.7 Å². The van der Waals surface area contributed by atoms with Crippen molar-refractivity contribution in [3.8, 4) is 0 Å². The lowest BCUT2D eigenvalue weighted by atomic mass is 10.3. The summed E-state index contributed by atoms with van der Waals surface area (Å²) in [5.41, 5.74) is 5.73. The Labute approximate surface area is 72.5 Å².